The highest BCUT2D eigenvalue weighted by atomic mass is 79.9. The summed E-state index contributed by atoms with van der Waals surface area (Å²) in [6.07, 6.45) is 0. The van der Waals surface area contributed by atoms with Crippen LogP contribution in [0.5, 0.6) is 0 Å². The molecular weight excluding hydrogens is 316 g/mol. The largest absolute Gasteiger partial charge is 0.399 e. The summed E-state index contributed by atoms with van der Waals surface area (Å²) in [7, 11) is -3.60. The van der Waals surface area contributed by atoms with Gasteiger partial charge in [-0.2, -0.15) is 0 Å². The Hall–Kier alpha value is -1.53. The average Bonchev–Trinajstić information content (AvgIpc) is 2.28. The monoisotopic (exact) mass is 326 g/mol. The fraction of sp³-hybridized carbons (Fsp3) is 0. The van der Waals surface area contributed by atoms with Crippen LogP contribution in [-0.4, -0.2) is 8.42 Å². The summed E-state index contributed by atoms with van der Waals surface area (Å²) in [5, 5.41) is 0. The molecule has 2 rings (SSSR count). The first kappa shape index (κ1) is 12.9. The van der Waals surface area contributed by atoms with E-state index in [-0.39, 0.29) is 4.90 Å². The number of nitrogens with two attached hydrogens (primary N) is 1. The summed E-state index contributed by atoms with van der Waals surface area (Å²) < 4.78 is 27.5. The molecule has 94 valence electrons. The zero-order chi connectivity index (χ0) is 13.2. The van der Waals surface area contributed by atoms with E-state index in [1.165, 1.54) is 12.1 Å². The topological polar surface area (TPSA) is 72.2 Å². The molecule has 0 saturated heterocycles. The summed E-state index contributed by atoms with van der Waals surface area (Å²) >= 11 is 3.28. The molecule has 2 aromatic rings. The fourth-order valence-electron chi connectivity index (χ4n) is 1.45. The molecule has 0 aliphatic heterocycles. The van der Waals surface area contributed by atoms with Gasteiger partial charge in [0, 0.05) is 15.8 Å². The lowest BCUT2D eigenvalue weighted by atomic mass is 10.3. The van der Waals surface area contributed by atoms with Crippen LogP contribution >= 0.6 is 15.9 Å². The lowest BCUT2D eigenvalue weighted by molar-refractivity contribution is 0.601. The van der Waals surface area contributed by atoms with Gasteiger partial charge in [-0.25, -0.2) is 8.42 Å². The van der Waals surface area contributed by atoms with Crippen LogP contribution in [0, 0.1) is 0 Å². The minimum absolute atomic E-state index is 0.141. The van der Waals surface area contributed by atoms with E-state index in [2.05, 4.69) is 20.7 Å². The number of rotatable bonds is 3. The van der Waals surface area contributed by atoms with Crippen LogP contribution in [0.15, 0.2) is 57.9 Å². The SMILES string of the molecule is Nc1cccc(S(=O)(=O)Nc2cccc(Br)c2)c1. The maximum Gasteiger partial charge on any atom is 0.261 e. The van der Waals surface area contributed by atoms with Crippen LogP contribution in [0.3, 0.4) is 0 Å². The third kappa shape index (κ3) is 3.02. The average molecular weight is 327 g/mol. The molecule has 0 atom stereocenters. The van der Waals surface area contributed by atoms with E-state index in [1.54, 1.807) is 30.3 Å². The Bertz CT molecular complexity index is 671. The van der Waals surface area contributed by atoms with Crippen LogP contribution in [0.1, 0.15) is 0 Å². The van der Waals surface area contributed by atoms with Gasteiger partial charge in [-0.15, -0.1) is 0 Å². The van der Waals surface area contributed by atoms with Gasteiger partial charge < -0.3 is 5.73 Å². The summed E-state index contributed by atoms with van der Waals surface area (Å²) in [6, 6.07) is 13.1. The molecule has 0 unspecified atom stereocenters. The quantitative estimate of drug-likeness (QED) is 0.852. The minimum atomic E-state index is -3.60. The molecule has 4 nitrogen and oxygen atoms in total. The van der Waals surface area contributed by atoms with Crippen LogP contribution in [0.25, 0.3) is 0 Å². The predicted molar refractivity (Wildman–Crippen MR) is 75.8 cm³/mol. The maximum atomic E-state index is 12.1. The molecule has 0 heterocycles. The molecule has 0 saturated carbocycles. The zero-order valence-electron chi connectivity index (χ0n) is 9.30. The summed E-state index contributed by atoms with van der Waals surface area (Å²) in [6.45, 7) is 0. The Labute approximate surface area is 114 Å². The van der Waals surface area contributed by atoms with Gasteiger partial charge in [-0.3, -0.25) is 4.72 Å². The molecule has 0 aromatic heterocycles. The number of sulfonamides is 1. The lowest BCUT2D eigenvalue weighted by Crippen LogP contribution is -2.13. The Kier molecular flexibility index (Phi) is 3.58. The molecular formula is C12H11BrN2O2S. The summed E-state index contributed by atoms with van der Waals surface area (Å²) in [5.74, 6) is 0. The van der Waals surface area contributed by atoms with E-state index in [0.717, 1.165) is 4.47 Å². The van der Waals surface area contributed by atoms with Crippen LogP contribution in [0.2, 0.25) is 0 Å². The minimum Gasteiger partial charge on any atom is -0.399 e. The third-order valence-electron chi connectivity index (χ3n) is 2.25. The first-order valence-electron chi connectivity index (χ1n) is 5.11. The first-order valence-corrected chi connectivity index (χ1v) is 7.39. The molecule has 6 heteroatoms. The molecule has 2 aromatic carbocycles. The van der Waals surface area contributed by atoms with Gasteiger partial charge in [0.2, 0.25) is 0 Å². The number of nitrogens with one attached hydrogen (secondary N) is 1. The first-order chi connectivity index (χ1) is 8.47. The Balaban J connectivity index is 2.33. The van der Waals surface area contributed by atoms with E-state index in [1.807, 2.05) is 6.07 Å². The molecule has 0 bridgehead atoms. The fourth-order valence-corrected chi connectivity index (χ4v) is 2.95. The van der Waals surface area contributed by atoms with Crippen LogP contribution in [0.4, 0.5) is 11.4 Å². The molecule has 0 aliphatic rings. The maximum absolute atomic E-state index is 12.1. The highest BCUT2D eigenvalue weighted by Gasteiger charge is 2.14. The van der Waals surface area contributed by atoms with Crippen molar-refractivity contribution in [3.8, 4) is 0 Å². The van der Waals surface area contributed by atoms with Gasteiger partial charge in [0.05, 0.1) is 4.90 Å². The van der Waals surface area contributed by atoms with E-state index < -0.39 is 10.0 Å². The summed E-state index contributed by atoms with van der Waals surface area (Å²) in [5.41, 5.74) is 6.47. The van der Waals surface area contributed by atoms with Crippen molar-refractivity contribution in [1.82, 2.24) is 0 Å². The zero-order valence-corrected chi connectivity index (χ0v) is 11.7. The highest BCUT2D eigenvalue weighted by molar-refractivity contribution is 9.10. The van der Waals surface area contributed by atoms with Crippen molar-refractivity contribution in [3.05, 3.63) is 53.0 Å². The standard InChI is InChI=1S/C12H11BrN2O2S/c13-9-3-1-5-11(7-9)15-18(16,17)12-6-2-4-10(14)8-12/h1-8,15H,14H2. The van der Waals surface area contributed by atoms with Crippen molar-refractivity contribution in [2.75, 3.05) is 10.5 Å². The molecule has 0 fully saturated rings. The van der Waals surface area contributed by atoms with Crippen molar-refractivity contribution in [2.45, 2.75) is 4.90 Å². The smallest absolute Gasteiger partial charge is 0.261 e. The molecule has 0 amide bonds. The number of hydrogen-bond donors (Lipinski definition) is 2. The van der Waals surface area contributed by atoms with Crippen LogP contribution in [-0.2, 0) is 10.0 Å². The molecule has 0 spiro atoms. The number of nitrogen functional groups attached to an aromatic ring is 1. The molecule has 0 radical (unpaired) electrons. The Morgan fingerprint density at radius 2 is 1.78 bits per heavy atom. The van der Waals surface area contributed by atoms with Gasteiger partial charge in [0.1, 0.15) is 0 Å². The molecule has 18 heavy (non-hydrogen) atoms. The number of benzene rings is 2. The van der Waals surface area contributed by atoms with E-state index in [0.29, 0.717) is 11.4 Å². The van der Waals surface area contributed by atoms with Crippen LogP contribution < -0.4 is 10.5 Å². The number of anilines is 2. The number of halogens is 1. The highest BCUT2D eigenvalue weighted by Crippen LogP contribution is 2.20. The second-order valence-corrected chi connectivity index (χ2v) is 6.29. The second kappa shape index (κ2) is 4.99. The Morgan fingerprint density at radius 3 is 2.44 bits per heavy atom. The Morgan fingerprint density at radius 1 is 1.06 bits per heavy atom. The van der Waals surface area contributed by atoms with E-state index in [9.17, 15) is 8.42 Å². The van der Waals surface area contributed by atoms with Gasteiger partial charge in [-0.1, -0.05) is 28.1 Å². The number of hydrogen-bond acceptors (Lipinski definition) is 3. The van der Waals surface area contributed by atoms with Crippen molar-refractivity contribution in [2.24, 2.45) is 0 Å². The molecule has 3 N–H and O–H groups in total. The third-order valence-corrected chi connectivity index (χ3v) is 4.12. The van der Waals surface area contributed by atoms with Gasteiger partial charge in [0.15, 0.2) is 0 Å². The lowest BCUT2D eigenvalue weighted by Gasteiger charge is -2.08. The predicted octanol–water partition coefficient (Wildman–Crippen LogP) is 2.83. The van der Waals surface area contributed by atoms with E-state index in [4.69, 9.17) is 5.73 Å². The van der Waals surface area contributed by atoms with Crippen molar-refractivity contribution >= 4 is 37.3 Å². The van der Waals surface area contributed by atoms with Crippen molar-refractivity contribution in [3.63, 3.8) is 0 Å². The van der Waals surface area contributed by atoms with Gasteiger partial charge in [0.25, 0.3) is 10.0 Å². The second-order valence-electron chi connectivity index (χ2n) is 3.69. The van der Waals surface area contributed by atoms with Crippen molar-refractivity contribution in [1.29, 1.82) is 0 Å². The summed E-state index contributed by atoms with van der Waals surface area (Å²) in [4.78, 5) is 0.141. The van der Waals surface area contributed by atoms with Gasteiger partial charge >= 0.3 is 0 Å². The van der Waals surface area contributed by atoms with Gasteiger partial charge in [-0.05, 0) is 36.4 Å². The normalized spacial score (nSPS) is 11.2. The van der Waals surface area contributed by atoms with Crippen molar-refractivity contribution < 1.29 is 8.42 Å². The van der Waals surface area contributed by atoms with E-state index >= 15 is 0 Å². The molecule has 0 aliphatic carbocycles.